The lowest BCUT2D eigenvalue weighted by Gasteiger charge is -2.32. The van der Waals surface area contributed by atoms with Crippen molar-refractivity contribution >= 4 is 29.2 Å². The van der Waals surface area contributed by atoms with Crippen molar-refractivity contribution in [3.05, 3.63) is 28.8 Å². The van der Waals surface area contributed by atoms with Crippen molar-refractivity contribution < 1.29 is 19.1 Å². The molecule has 0 spiro atoms. The second kappa shape index (κ2) is 6.78. The Hall–Kier alpha value is -1.79. The number of nitrogen functional groups attached to an aromatic ring is 1. The van der Waals surface area contributed by atoms with Crippen LogP contribution in [-0.2, 0) is 14.3 Å². The number of benzene rings is 1. The van der Waals surface area contributed by atoms with E-state index in [1.165, 1.54) is 7.11 Å². The molecule has 1 fully saturated rings. The Kier molecular flexibility index (Phi) is 5.03. The third kappa shape index (κ3) is 3.86. The molecule has 1 aliphatic heterocycles. The molecule has 0 aromatic heterocycles. The van der Waals surface area contributed by atoms with Crippen molar-refractivity contribution in [2.24, 2.45) is 0 Å². The van der Waals surface area contributed by atoms with Crippen LogP contribution >= 0.6 is 11.6 Å². The molecule has 21 heavy (non-hydrogen) atoms. The molecule has 2 N–H and O–H groups in total. The van der Waals surface area contributed by atoms with Crippen molar-refractivity contribution in [1.82, 2.24) is 4.90 Å². The van der Waals surface area contributed by atoms with Crippen molar-refractivity contribution in [2.45, 2.75) is 12.5 Å². The molecule has 1 amide bonds. The summed E-state index contributed by atoms with van der Waals surface area (Å²) in [6, 6.07) is 4.78. The van der Waals surface area contributed by atoms with Crippen molar-refractivity contribution in [3.63, 3.8) is 0 Å². The maximum absolute atomic E-state index is 12.4. The van der Waals surface area contributed by atoms with Crippen LogP contribution in [0.1, 0.15) is 16.8 Å². The topological polar surface area (TPSA) is 81.9 Å². The zero-order valence-corrected chi connectivity index (χ0v) is 12.4. The highest BCUT2D eigenvalue weighted by Gasteiger charge is 2.27. The predicted octanol–water partition coefficient (Wildman–Crippen LogP) is 1.33. The summed E-state index contributed by atoms with van der Waals surface area (Å²) in [5.41, 5.74) is 6.54. The molecule has 1 aliphatic rings. The minimum absolute atomic E-state index is 0.128. The SMILES string of the molecule is COC(=O)CC1CN(C(=O)c2ccc(Cl)c(N)c2)CCO1. The molecule has 1 aromatic rings. The average Bonchev–Trinajstić information content (AvgIpc) is 2.49. The summed E-state index contributed by atoms with van der Waals surface area (Å²) in [7, 11) is 1.32. The quantitative estimate of drug-likeness (QED) is 0.672. The van der Waals surface area contributed by atoms with E-state index < -0.39 is 0 Å². The largest absolute Gasteiger partial charge is 0.469 e. The first-order chi connectivity index (χ1) is 10.0. The van der Waals surface area contributed by atoms with E-state index >= 15 is 0 Å². The van der Waals surface area contributed by atoms with Gasteiger partial charge in [0.2, 0.25) is 0 Å². The summed E-state index contributed by atoms with van der Waals surface area (Å²) in [5, 5.41) is 0.414. The summed E-state index contributed by atoms with van der Waals surface area (Å²) in [4.78, 5) is 25.3. The Bertz CT molecular complexity index is 550. The van der Waals surface area contributed by atoms with Crippen LogP contribution in [0.2, 0.25) is 5.02 Å². The molecule has 0 aliphatic carbocycles. The third-order valence-corrected chi connectivity index (χ3v) is 3.64. The van der Waals surface area contributed by atoms with E-state index in [9.17, 15) is 9.59 Å². The Balaban J connectivity index is 2.04. The van der Waals surface area contributed by atoms with Crippen LogP contribution in [0, 0.1) is 0 Å². The van der Waals surface area contributed by atoms with Gasteiger partial charge in [-0.15, -0.1) is 0 Å². The van der Waals surface area contributed by atoms with Gasteiger partial charge in [-0.3, -0.25) is 9.59 Å². The number of ether oxygens (including phenoxy) is 2. The fourth-order valence-corrected chi connectivity index (χ4v) is 2.27. The first-order valence-corrected chi connectivity index (χ1v) is 6.91. The minimum atomic E-state index is -0.356. The molecular formula is C14H17ClN2O4. The van der Waals surface area contributed by atoms with E-state index in [4.69, 9.17) is 22.1 Å². The number of amides is 1. The maximum atomic E-state index is 12.4. The summed E-state index contributed by atoms with van der Waals surface area (Å²) in [6.45, 7) is 1.20. The lowest BCUT2D eigenvalue weighted by Crippen LogP contribution is -2.46. The summed E-state index contributed by atoms with van der Waals surface area (Å²) in [5.74, 6) is -0.512. The van der Waals surface area contributed by atoms with Gasteiger partial charge in [0, 0.05) is 18.7 Å². The van der Waals surface area contributed by atoms with E-state index in [1.807, 2.05) is 0 Å². The standard InChI is InChI=1S/C14H17ClN2O4/c1-20-13(18)7-10-8-17(4-5-21-10)14(19)9-2-3-11(15)12(16)6-9/h2-3,6,10H,4-5,7-8,16H2,1H3. The number of esters is 1. The van der Waals surface area contributed by atoms with Crippen molar-refractivity contribution in [1.29, 1.82) is 0 Å². The Morgan fingerprint density at radius 1 is 1.52 bits per heavy atom. The number of nitrogens with zero attached hydrogens (tertiary/aromatic N) is 1. The molecule has 7 heteroatoms. The molecule has 0 radical (unpaired) electrons. The van der Waals surface area contributed by atoms with Gasteiger partial charge in [-0.1, -0.05) is 11.6 Å². The second-order valence-corrected chi connectivity index (χ2v) is 5.17. The average molecular weight is 313 g/mol. The van der Waals surface area contributed by atoms with Gasteiger partial charge in [0.15, 0.2) is 0 Å². The number of anilines is 1. The fraction of sp³-hybridized carbons (Fsp3) is 0.429. The molecule has 6 nitrogen and oxygen atoms in total. The number of methoxy groups -OCH3 is 1. The second-order valence-electron chi connectivity index (χ2n) is 4.76. The summed E-state index contributed by atoms with van der Waals surface area (Å²) in [6.07, 6.45) is -0.219. The van der Waals surface area contributed by atoms with Gasteiger partial charge in [-0.05, 0) is 18.2 Å². The van der Waals surface area contributed by atoms with E-state index in [2.05, 4.69) is 4.74 Å². The van der Waals surface area contributed by atoms with Crippen LogP contribution in [0.4, 0.5) is 5.69 Å². The number of halogens is 1. The van der Waals surface area contributed by atoms with Crippen LogP contribution in [-0.4, -0.2) is 49.7 Å². The predicted molar refractivity (Wildman–Crippen MR) is 78.1 cm³/mol. The first kappa shape index (κ1) is 15.6. The molecule has 2 rings (SSSR count). The molecule has 1 atom stereocenters. The van der Waals surface area contributed by atoms with Crippen LogP contribution in [0.3, 0.4) is 0 Å². The van der Waals surface area contributed by atoms with Crippen LogP contribution < -0.4 is 5.73 Å². The third-order valence-electron chi connectivity index (χ3n) is 3.29. The Labute approximate surface area is 127 Å². The van der Waals surface area contributed by atoms with E-state index in [0.29, 0.717) is 36.0 Å². The van der Waals surface area contributed by atoms with E-state index in [1.54, 1.807) is 23.1 Å². The highest BCUT2D eigenvalue weighted by Crippen LogP contribution is 2.21. The molecular weight excluding hydrogens is 296 g/mol. The molecule has 1 saturated heterocycles. The molecule has 0 bridgehead atoms. The van der Waals surface area contributed by atoms with Gasteiger partial charge < -0.3 is 20.1 Å². The zero-order chi connectivity index (χ0) is 15.4. The minimum Gasteiger partial charge on any atom is -0.469 e. The lowest BCUT2D eigenvalue weighted by atomic mass is 10.1. The molecule has 1 heterocycles. The van der Waals surface area contributed by atoms with Gasteiger partial charge >= 0.3 is 5.97 Å². The molecule has 1 aromatic carbocycles. The van der Waals surface area contributed by atoms with E-state index in [-0.39, 0.29) is 24.4 Å². The number of morpholine rings is 1. The Morgan fingerprint density at radius 3 is 2.95 bits per heavy atom. The number of hydrogen-bond donors (Lipinski definition) is 1. The lowest BCUT2D eigenvalue weighted by molar-refractivity contribution is -0.145. The monoisotopic (exact) mass is 312 g/mol. The number of rotatable bonds is 3. The van der Waals surface area contributed by atoms with Crippen LogP contribution in [0.25, 0.3) is 0 Å². The maximum Gasteiger partial charge on any atom is 0.308 e. The van der Waals surface area contributed by atoms with Crippen LogP contribution in [0.5, 0.6) is 0 Å². The van der Waals surface area contributed by atoms with Crippen molar-refractivity contribution in [3.8, 4) is 0 Å². The molecule has 0 saturated carbocycles. The zero-order valence-electron chi connectivity index (χ0n) is 11.7. The highest BCUT2D eigenvalue weighted by molar-refractivity contribution is 6.33. The molecule has 1 unspecified atom stereocenters. The Morgan fingerprint density at radius 2 is 2.29 bits per heavy atom. The number of nitrogens with two attached hydrogens (primary N) is 1. The number of carbonyl (C=O) groups is 2. The normalized spacial score (nSPS) is 18.4. The molecule has 114 valence electrons. The smallest absolute Gasteiger partial charge is 0.308 e. The number of carbonyl (C=O) groups excluding carboxylic acids is 2. The van der Waals surface area contributed by atoms with Gasteiger partial charge in [-0.2, -0.15) is 0 Å². The van der Waals surface area contributed by atoms with Crippen molar-refractivity contribution in [2.75, 3.05) is 32.5 Å². The van der Waals surface area contributed by atoms with Gasteiger partial charge in [0.05, 0.1) is 37.0 Å². The van der Waals surface area contributed by atoms with Gasteiger partial charge in [-0.25, -0.2) is 0 Å². The summed E-state index contributed by atoms with van der Waals surface area (Å²) < 4.78 is 10.1. The van der Waals surface area contributed by atoms with E-state index in [0.717, 1.165) is 0 Å². The summed E-state index contributed by atoms with van der Waals surface area (Å²) >= 11 is 5.85. The van der Waals surface area contributed by atoms with Gasteiger partial charge in [0.1, 0.15) is 0 Å². The number of hydrogen-bond acceptors (Lipinski definition) is 5. The first-order valence-electron chi connectivity index (χ1n) is 6.54. The van der Waals surface area contributed by atoms with Crippen LogP contribution in [0.15, 0.2) is 18.2 Å². The van der Waals surface area contributed by atoms with Gasteiger partial charge in [0.25, 0.3) is 5.91 Å². The fourth-order valence-electron chi connectivity index (χ4n) is 2.16. The highest BCUT2D eigenvalue weighted by atomic mass is 35.5.